The van der Waals surface area contributed by atoms with Crippen LogP contribution in [0.2, 0.25) is 0 Å². The van der Waals surface area contributed by atoms with Crippen LogP contribution in [0, 0.1) is 0 Å². The third-order valence-electron chi connectivity index (χ3n) is 6.55. The fraction of sp³-hybridized carbons (Fsp3) is 0.714. The average molecular weight is 479 g/mol. The number of imidazole rings is 1. The Morgan fingerprint density at radius 3 is 2.76 bits per heavy atom. The fourth-order valence-electron chi connectivity index (χ4n) is 4.70. The number of thiocarbonyl (C=S) groups is 1. The van der Waals surface area contributed by atoms with Crippen molar-refractivity contribution >= 4 is 34.4 Å². The lowest BCUT2D eigenvalue weighted by Gasteiger charge is -2.24. The SMILES string of the molecule is O[C@@H]1[C@@H](COC(=S)NC2CCCCC2)OC(n2cnc3c(N[C@@H]4CCOC4)ncnc32)[C@@H]1O. The molecule has 1 unspecified atom stereocenters. The number of nitrogens with zero attached hydrogens (tertiary/aromatic N) is 4. The number of aromatic nitrogens is 4. The normalized spacial score (nSPS) is 30.5. The summed E-state index contributed by atoms with van der Waals surface area (Å²) in [6, 6.07) is 0.491. The molecule has 4 N–H and O–H groups in total. The van der Waals surface area contributed by atoms with Gasteiger partial charge in [-0.1, -0.05) is 19.3 Å². The predicted molar refractivity (Wildman–Crippen MR) is 123 cm³/mol. The highest BCUT2D eigenvalue weighted by molar-refractivity contribution is 7.80. The molecule has 1 aliphatic carbocycles. The number of hydrogen-bond donors (Lipinski definition) is 4. The van der Waals surface area contributed by atoms with E-state index in [4.69, 9.17) is 26.4 Å². The number of hydrogen-bond acceptors (Lipinski definition) is 10. The average Bonchev–Trinajstić information content (AvgIpc) is 3.55. The number of fused-ring (bicyclic) bond motifs is 1. The lowest BCUT2D eigenvalue weighted by atomic mass is 9.96. The maximum atomic E-state index is 10.7. The zero-order chi connectivity index (χ0) is 22.8. The zero-order valence-electron chi connectivity index (χ0n) is 18.3. The van der Waals surface area contributed by atoms with Crippen molar-refractivity contribution in [2.45, 2.75) is 75.1 Å². The molecule has 180 valence electrons. The number of nitrogens with one attached hydrogen (secondary N) is 2. The van der Waals surface area contributed by atoms with Crippen LogP contribution in [-0.2, 0) is 14.2 Å². The first-order valence-corrected chi connectivity index (χ1v) is 12.0. The summed E-state index contributed by atoms with van der Waals surface area (Å²) in [6.07, 6.45) is 5.72. The second-order valence-electron chi connectivity index (χ2n) is 8.88. The van der Waals surface area contributed by atoms with Gasteiger partial charge in [0.25, 0.3) is 5.17 Å². The Bertz CT molecular complexity index is 964. The second kappa shape index (κ2) is 10.0. The van der Waals surface area contributed by atoms with Crippen LogP contribution in [0.5, 0.6) is 0 Å². The van der Waals surface area contributed by atoms with Crippen LogP contribution in [-0.4, -0.2) is 85.1 Å². The van der Waals surface area contributed by atoms with E-state index < -0.39 is 24.5 Å². The van der Waals surface area contributed by atoms with E-state index in [0.29, 0.717) is 41.4 Å². The summed E-state index contributed by atoms with van der Waals surface area (Å²) in [5.41, 5.74) is 1.06. The first kappa shape index (κ1) is 22.7. The third-order valence-corrected chi connectivity index (χ3v) is 6.78. The van der Waals surface area contributed by atoms with E-state index in [9.17, 15) is 10.2 Å². The largest absolute Gasteiger partial charge is 0.468 e. The Balaban J connectivity index is 1.23. The van der Waals surface area contributed by atoms with Crippen LogP contribution in [0.4, 0.5) is 5.82 Å². The van der Waals surface area contributed by atoms with Crippen molar-refractivity contribution in [2.75, 3.05) is 25.1 Å². The fourth-order valence-corrected chi connectivity index (χ4v) is 4.93. The molecule has 3 fully saturated rings. The number of aliphatic hydroxyl groups excluding tert-OH is 2. The van der Waals surface area contributed by atoms with Crippen molar-refractivity contribution in [3.8, 4) is 0 Å². The molecule has 0 spiro atoms. The van der Waals surface area contributed by atoms with Crippen molar-refractivity contribution in [3.05, 3.63) is 12.7 Å². The summed E-state index contributed by atoms with van der Waals surface area (Å²) in [6.45, 7) is 1.36. The van der Waals surface area contributed by atoms with E-state index in [1.54, 1.807) is 4.57 Å². The van der Waals surface area contributed by atoms with Gasteiger partial charge in [0.2, 0.25) is 0 Å². The Hall–Kier alpha value is -2.12. The minimum absolute atomic E-state index is 0.0311. The van der Waals surface area contributed by atoms with Gasteiger partial charge in [-0.15, -0.1) is 0 Å². The summed E-state index contributed by atoms with van der Waals surface area (Å²) in [5, 5.41) is 28.1. The van der Waals surface area contributed by atoms with E-state index in [1.165, 1.54) is 31.9 Å². The zero-order valence-corrected chi connectivity index (χ0v) is 19.1. The minimum Gasteiger partial charge on any atom is -0.468 e. The van der Waals surface area contributed by atoms with Gasteiger partial charge in [-0.2, -0.15) is 0 Å². The molecular weight excluding hydrogens is 448 g/mol. The molecule has 2 aliphatic heterocycles. The van der Waals surface area contributed by atoms with Crippen LogP contribution in [0.25, 0.3) is 11.2 Å². The molecule has 2 aromatic rings. The maximum Gasteiger partial charge on any atom is 0.256 e. The first-order valence-electron chi connectivity index (χ1n) is 11.6. The summed E-state index contributed by atoms with van der Waals surface area (Å²) >= 11 is 5.30. The van der Waals surface area contributed by atoms with Crippen LogP contribution in [0.1, 0.15) is 44.8 Å². The Labute approximate surface area is 196 Å². The Kier molecular flexibility index (Phi) is 6.88. The van der Waals surface area contributed by atoms with Crippen LogP contribution in [0.3, 0.4) is 0 Å². The van der Waals surface area contributed by atoms with Crippen LogP contribution >= 0.6 is 12.2 Å². The highest BCUT2D eigenvalue weighted by Gasteiger charge is 2.45. The predicted octanol–water partition coefficient (Wildman–Crippen LogP) is 0.870. The number of rotatable bonds is 6. The van der Waals surface area contributed by atoms with Crippen molar-refractivity contribution in [3.63, 3.8) is 0 Å². The van der Waals surface area contributed by atoms with Crippen molar-refractivity contribution in [1.29, 1.82) is 0 Å². The van der Waals surface area contributed by atoms with Gasteiger partial charge in [-0.3, -0.25) is 4.57 Å². The van der Waals surface area contributed by atoms with Gasteiger partial charge in [0, 0.05) is 12.6 Å². The van der Waals surface area contributed by atoms with E-state index in [-0.39, 0.29) is 12.6 Å². The van der Waals surface area contributed by atoms with Gasteiger partial charge in [-0.25, -0.2) is 15.0 Å². The smallest absolute Gasteiger partial charge is 0.256 e. The molecule has 11 nitrogen and oxygen atoms in total. The number of aliphatic hydroxyl groups is 2. The summed E-state index contributed by atoms with van der Waals surface area (Å²) in [5.74, 6) is 0.598. The Morgan fingerprint density at radius 2 is 1.97 bits per heavy atom. The lowest BCUT2D eigenvalue weighted by Crippen LogP contribution is -2.39. The van der Waals surface area contributed by atoms with Crippen LogP contribution < -0.4 is 10.6 Å². The van der Waals surface area contributed by atoms with Gasteiger partial charge in [0.15, 0.2) is 23.2 Å². The van der Waals surface area contributed by atoms with Gasteiger partial charge < -0.3 is 35.1 Å². The first-order chi connectivity index (χ1) is 16.1. The maximum absolute atomic E-state index is 10.7. The molecule has 0 aromatic carbocycles. The summed E-state index contributed by atoms with van der Waals surface area (Å²) < 4.78 is 18.6. The molecule has 12 heteroatoms. The molecule has 4 heterocycles. The molecule has 1 saturated carbocycles. The molecule has 0 radical (unpaired) electrons. The third kappa shape index (κ3) is 4.90. The quantitative estimate of drug-likeness (QED) is 0.440. The molecule has 0 amide bonds. The topological polar surface area (TPSA) is 136 Å². The molecule has 5 rings (SSSR count). The van der Waals surface area contributed by atoms with Crippen molar-refractivity contribution < 1.29 is 24.4 Å². The van der Waals surface area contributed by atoms with E-state index in [1.807, 2.05) is 0 Å². The highest BCUT2D eigenvalue weighted by Crippen LogP contribution is 2.32. The van der Waals surface area contributed by atoms with Gasteiger partial charge in [-0.05, 0) is 31.5 Å². The summed E-state index contributed by atoms with van der Waals surface area (Å²) in [7, 11) is 0. The van der Waals surface area contributed by atoms with Crippen molar-refractivity contribution in [2.24, 2.45) is 0 Å². The van der Waals surface area contributed by atoms with E-state index >= 15 is 0 Å². The lowest BCUT2D eigenvalue weighted by molar-refractivity contribution is -0.0492. The molecule has 33 heavy (non-hydrogen) atoms. The van der Waals surface area contributed by atoms with Gasteiger partial charge in [0.05, 0.1) is 19.0 Å². The number of anilines is 1. The molecule has 0 bridgehead atoms. The molecule has 2 aromatic heterocycles. The molecule has 2 saturated heterocycles. The van der Waals surface area contributed by atoms with Crippen LogP contribution in [0.15, 0.2) is 12.7 Å². The van der Waals surface area contributed by atoms with Crippen molar-refractivity contribution in [1.82, 2.24) is 24.8 Å². The molecule has 3 aliphatic rings. The van der Waals surface area contributed by atoms with E-state index in [0.717, 1.165) is 19.3 Å². The second-order valence-corrected chi connectivity index (χ2v) is 9.25. The number of ether oxygens (including phenoxy) is 3. The standard InChI is InChI=1S/C21H30N6O5S/c28-16-14(9-31-21(33)26-12-4-2-1-3-5-12)32-20(17(16)29)27-11-24-15-18(22-10-23-19(15)27)25-13-6-7-30-8-13/h10-14,16-17,20,28-29H,1-9H2,(H,26,33)(H,22,23,25)/t13-,14-,16-,17-,20?/m1/s1. The highest BCUT2D eigenvalue weighted by atomic mass is 32.1. The monoisotopic (exact) mass is 478 g/mol. The minimum atomic E-state index is -1.18. The van der Waals surface area contributed by atoms with Gasteiger partial charge in [0.1, 0.15) is 31.2 Å². The molecule has 5 atom stereocenters. The summed E-state index contributed by atoms with van der Waals surface area (Å²) in [4.78, 5) is 13.1. The van der Waals surface area contributed by atoms with E-state index in [2.05, 4.69) is 25.6 Å². The molecular formula is C21H30N6O5S. The van der Waals surface area contributed by atoms with Gasteiger partial charge >= 0.3 is 0 Å². The Morgan fingerprint density at radius 1 is 1.12 bits per heavy atom.